The maximum Gasteiger partial charge on any atom is 0.251 e. The van der Waals surface area contributed by atoms with Gasteiger partial charge < -0.3 is 11.1 Å². The molecule has 0 aliphatic heterocycles. The van der Waals surface area contributed by atoms with Crippen LogP contribution in [0.3, 0.4) is 0 Å². The predicted octanol–water partition coefficient (Wildman–Crippen LogP) is 1.27. The highest BCUT2D eigenvalue weighted by molar-refractivity contribution is 5.94. The first-order valence-corrected chi connectivity index (χ1v) is 5.91. The molecule has 3 nitrogen and oxygen atoms in total. The molecule has 2 atom stereocenters. The maximum absolute atomic E-state index is 13.6. The van der Waals surface area contributed by atoms with Crippen LogP contribution in [0.5, 0.6) is 0 Å². The average molecular weight is 246 g/mol. The zero-order chi connectivity index (χ0) is 13.1. The second-order valence-corrected chi connectivity index (χ2v) is 4.49. The van der Waals surface area contributed by atoms with Crippen LogP contribution in [0.2, 0.25) is 0 Å². The molecule has 0 bridgehead atoms. The summed E-state index contributed by atoms with van der Waals surface area (Å²) in [6.07, 6.45) is 0.994. The van der Waals surface area contributed by atoms with Crippen molar-refractivity contribution in [2.75, 3.05) is 6.54 Å². The third-order valence-corrected chi connectivity index (χ3v) is 2.98. The predicted molar refractivity (Wildman–Crippen MR) is 67.4 cm³/mol. The number of rotatable bonds is 2. The van der Waals surface area contributed by atoms with Crippen LogP contribution in [0, 0.1) is 23.6 Å². The molecule has 0 saturated heterocycles. The van der Waals surface area contributed by atoms with Crippen molar-refractivity contribution in [3.63, 3.8) is 0 Å². The van der Waals surface area contributed by atoms with E-state index in [1.165, 1.54) is 12.1 Å². The van der Waals surface area contributed by atoms with E-state index in [0.717, 1.165) is 6.42 Å². The van der Waals surface area contributed by atoms with Crippen LogP contribution < -0.4 is 11.1 Å². The lowest BCUT2D eigenvalue weighted by Gasteiger charge is -2.04. The number of halogens is 1. The van der Waals surface area contributed by atoms with Crippen LogP contribution in [-0.2, 0) is 0 Å². The molecule has 2 rings (SSSR count). The highest BCUT2D eigenvalue weighted by atomic mass is 19.1. The Morgan fingerprint density at radius 3 is 2.89 bits per heavy atom. The Bertz CT molecular complexity index is 530. The monoisotopic (exact) mass is 246 g/mol. The number of carbonyl (C=O) groups is 1. The van der Waals surface area contributed by atoms with Crippen molar-refractivity contribution in [1.29, 1.82) is 0 Å². The summed E-state index contributed by atoms with van der Waals surface area (Å²) < 4.78 is 13.6. The standard InChI is InChI=1S/C14H15FN2O/c1-9-7-13(9)17-14(18)11-5-4-10(3-2-6-16)12(15)8-11/h4-5,8-9,13H,6-7,16H2,1H3,(H,17,18). The van der Waals surface area contributed by atoms with Crippen molar-refractivity contribution in [3.8, 4) is 11.8 Å². The van der Waals surface area contributed by atoms with Crippen LogP contribution in [0.15, 0.2) is 18.2 Å². The molecule has 1 aliphatic rings. The molecule has 0 radical (unpaired) electrons. The summed E-state index contributed by atoms with van der Waals surface area (Å²) in [5, 5.41) is 2.85. The third kappa shape index (κ3) is 2.88. The molecule has 2 unspecified atom stereocenters. The number of nitrogens with two attached hydrogens (primary N) is 1. The van der Waals surface area contributed by atoms with Crippen molar-refractivity contribution < 1.29 is 9.18 Å². The smallest absolute Gasteiger partial charge is 0.251 e. The van der Waals surface area contributed by atoms with Gasteiger partial charge in [-0.05, 0) is 30.5 Å². The van der Waals surface area contributed by atoms with E-state index in [0.29, 0.717) is 11.5 Å². The van der Waals surface area contributed by atoms with Gasteiger partial charge in [0.15, 0.2) is 0 Å². The largest absolute Gasteiger partial charge is 0.349 e. The Labute approximate surface area is 106 Å². The Morgan fingerprint density at radius 1 is 1.61 bits per heavy atom. The van der Waals surface area contributed by atoms with Crippen LogP contribution in [0.4, 0.5) is 4.39 Å². The second kappa shape index (κ2) is 5.19. The zero-order valence-corrected chi connectivity index (χ0v) is 10.2. The number of amides is 1. The normalized spacial score (nSPS) is 20.8. The van der Waals surface area contributed by atoms with Crippen molar-refractivity contribution >= 4 is 5.91 Å². The molecule has 94 valence electrons. The summed E-state index contributed by atoms with van der Waals surface area (Å²) in [6, 6.07) is 4.52. The van der Waals surface area contributed by atoms with E-state index in [-0.39, 0.29) is 24.1 Å². The van der Waals surface area contributed by atoms with E-state index in [1.54, 1.807) is 6.07 Å². The molecule has 18 heavy (non-hydrogen) atoms. The zero-order valence-electron chi connectivity index (χ0n) is 10.2. The van der Waals surface area contributed by atoms with Crippen molar-refractivity contribution in [2.24, 2.45) is 11.7 Å². The third-order valence-electron chi connectivity index (χ3n) is 2.98. The molecule has 1 aliphatic carbocycles. The van der Waals surface area contributed by atoms with Crippen molar-refractivity contribution in [1.82, 2.24) is 5.32 Å². The lowest BCUT2D eigenvalue weighted by molar-refractivity contribution is 0.0949. The summed E-state index contributed by atoms with van der Waals surface area (Å²) in [6.45, 7) is 2.25. The van der Waals surface area contributed by atoms with Crippen LogP contribution in [0.25, 0.3) is 0 Å². The molecule has 3 N–H and O–H groups in total. The molecule has 1 aromatic rings. The first-order chi connectivity index (χ1) is 8.61. The number of hydrogen-bond acceptors (Lipinski definition) is 2. The molecular weight excluding hydrogens is 231 g/mol. The summed E-state index contributed by atoms with van der Waals surface area (Å²) in [5.41, 5.74) is 5.80. The van der Waals surface area contributed by atoms with Crippen LogP contribution in [-0.4, -0.2) is 18.5 Å². The van der Waals surface area contributed by atoms with Gasteiger partial charge in [-0.2, -0.15) is 0 Å². The highest BCUT2D eigenvalue weighted by Crippen LogP contribution is 2.29. The highest BCUT2D eigenvalue weighted by Gasteiger charge is 2.34. The van der Waals surface area contributed by atoms with E-state index in [2.05, 4.69) is 24.1 Å². The molecular formula is C14H15FN2O. The minimum atomic E-state index is -0.493. The van der Waals surface area contributed by atoms with E-state index in [1.807, 2.05) is 0 Å². The first-order valence-electron chi connectivity index (χ1n) is 5.91. The van der Waals surface area contributed by atoms with E-state index in [9.17, 15) is 9.18 Å². The van der Waals surface area contributed by atoms with Gasteiger partial charge in [0.2, 0.25) is 0 Å². The van der Waals surface area contributed by atoms with Gasteiger partial charge in [0.05, 0.1) is 12.1 Å². The Balaban J connectivity index is 2.10. The first kappa shape index (κ1) is 12.6. The minimum absolute atomic E-state index is 0.182. The molecule has 1 amide bonds. The summed E-state index contributed by atoms with van der Waals surface area (Å²) >= 11 is 0. The van der Waals surface area contributed by atoms with Gasteiger partial charge >= 0.3 is 0 Å². The van der Waals surface area contributed by atoms with Gasteiger partial charge in [-0.25, -0.2) is 4.39 Å². The van der Waals surface area contributed by atoms with Crippen LogP contribution in [0.1, 0.15) is 29.3 Å². The van der Waals surface area contributed by atoms with Gasteiger partial charge in [-0.15, -0.1) is 0 Å². The Morgan fingerprint density at radius 2 is 2.33 bits per heavy atom. The molecule has 1 aromatic carbocycles. The van der Waals surface area contributed by atoms with Gasteiger partial charge in [0, 0.05) is 11.6 Å². The summed E-state index contributed by atoms with van der Waals surface area (Å²) in [5.74, 6) is 4.99. The number of carbonyl (C=O) groups excluding carboxylic acids is 1. The fraction of sp³-hybridized carbons (Fsp3) is 0.357. The van der Waals surface area contributed by atoms with E-state index < -0.39 is 5.82 Å². The SMILES string of the molecule is CC1CC1NC(=O)c1ccc(C#CCN)c(F)c1. The summed E-state index contributed by atoms with van der Waals surface area (Å²) in [7, 11) is 0. The second-order valence-electron chi connectivity index (χ2n) is 4.49. The van der Waals surface area contributed by atoms with Gasteiger partial charge in [0.1, 0.15) is 5.82 Å². The summed E-state index contributed by atoms with van der Waals surface area (Å²) in [4.78, 5) is 11.8. The average Bonchev–Trinajstić information content (AvgIpc) is 3.03. The topological polar surface area (TPSA) is 55.1 Å². The lowest BCUT2D eigenvalue weighted by atomic mass is 10.1. The van der Waals surface area contributed by atoms with E-state index in [4.69, 9.17) is 5.73 Å². The molecule has 0 aromatic heterocycles. The molecule has 1 saturated carbocycles. The fourth-order valence-electron chi connectivity index (χ4n) is 1.68. The molecule has 4 heteroatoms. The quantitative estimate of drug-likeness (QED) is 0.772. The number of hydrogen-bond donors (Lipinski definition) is 2. The Kier molecular flexibility index (Phi) is 3.63. The number of benzene rings is 1. The maximum atomic E-state index is 13.6. The van der Waals surface area contributed by atoms with E-state index >= 15 is 0 Å². The van der Waals surface area contributed by atoms with Gasteiger partial charge in [-0.1, -0.05) is 18.8 Å². The molecule has 1 fully saturated rings. The van der Waals surface area contributed by atoms with Crippen LogP contribution >= 0.6 is 0 Å². The van der Waals surface area contributed by atoms with Crippen molar-refractivity contribution in [2.45, 2.75) is 19.4 Å². The lowest BCUT2D eigenvalue weighted by Crippen LogP contribution is -2.26. The molecule has 0 spiro atoms. The van der Waals surface area contributed by atoms with Crippen molar-refractivity contribution in [3.05, 3.63) is 35.1 Å². The number of nitrogens with one attached hydrogen (secondary N) is 1. The van der Waals surface area contributed by atoms with Gasteiger partial charge in [-0.3, -0.25) is 4.79 Å². The Hall–Kier alpha value is -1.86. The van der Waals surface area contributed by atoms with Gasteiger partial charge in [0.25, 0.3) is 5.91 Å². The minimum Gasteiger partial charge on any atom is -0.349 e. The molecule has 0 heterocycles. The fourth-order valence-corrected chi connectivity index (χ4v) is 1.68.